The fraction of sp³-hybridized carbons (Fsp3) is 0.308. The predicted octanol–water partition coefficient (Wildman–Crippen LogP) is 0.973. The number of thioether (sulfide) groups is 1. The first kappa shape index (κ1) is 15.2. The van der Waals surface area contributed by atoms with Gasteiger partial charge in [0, 0.05) is 18.1 Å². The molecular weight excluding hydrogens is 292 g/mol. The third-order valence-corrected chi connectivity index (χ3v) is 3.68. The third-order valence-electron chi connectivity index (χ3n) is 2.64. The molecule has 0 amide bonds. The van der Waals surface area contributed by atoms with E-state index in [1.807, 2.05) is 12.1 Å². The zero-order valence-electron chi connectivity index (χ0n) is 11.4. The van der Waals surface area contributed by atoms with E-state index in [2.05, 4.69) is 15.1 Å². The van der Waals surface area contributed by atoms with Crippen LogP contribution >= 0.6 is 11.8 Å². The first-order chi connectivity index (χ1) is 10.1. The van der Waals surface area contributed by atoms with Crippen molar-refractivity contribution < 1.29 is 9.90 Å². The van der Waals surface area contributed by atoms with Crippen LogP contribution in [0.15, 0.2) is 34.5 Å². The summed E-state index contributed by atoms with van der Waals surface area (Å²) in [5.74, 6) is -0.470. The largest absolute Gasteiger partial charge is 0.480 e. The Balaban J connectivity index is 2.26. The van der Waals surface area contributed by atoms with Crippen LogP contribution < -0.4 is 5.56 Å². The quantitative estimate of drug-likeness (QED) is 0.794. The Bertz CT molecular complexity index is 688. The summed E-state index contributed by atoms with van der Waals surface area (Å²) < 4.78 is 1.26. The minimum Gasteiger partial charge on any atom is -0.480 e. The monoisotopic (exact) mass is 306 g/mol. The van der Waals surface area contributed by atoms with Crippen LogP contribution in [0, 0.1) is 0 Å². The van der Waals surface area contributed by atoms with Gasteiger partial charge in [-0.2, -0.15) is 10.1 Å². The summed E-state index contributed by atoms with van der Waals surface area (Å²) in [7, 11) is 0. The van der Waals surface area contributed by atoms with Gasteiger partial charge in [-0.1, -0.05) is 18.7 Å². The lowest BCUT2D eigenvalue weighted by Gasteiger charge is -2.09. The second kappa shape index (κ2) is 6.98. The second-order valence-corrected chi connectivity index (χ2v) is 5.14. The molecule has 0 unspecified atom stereocenters. The minimum absolute atomic E-state index is 0.268. The molecule has 2 heterocycles. The fourth-order valence-corrected chi connectivity index (χ4v) is 2.52. The van der Waals surface area contributed by atoms with Crippen molar-refractivity contribution in [3.05, 3.63) is 46.1 Å². The van der Waals surface area contributed by atoms with Crippen LogP contribution in [0.3, 0.4) is 0 Å². The van der Waals surface area contributed by atoms with E-state index in [-0.39, 0.29) is 12.2 Å². The van der Waals surface area contributed by atoms with Crippen molar-refractivity contribution in [2.75, 3.05) is 0 Å². The van der Waals surface area contributed by atoms with Crippen LogP contribution in [0.4, 0.5) is 0 Å². The molecule has 0 atom stereocenters. The summed E-state index contributed by atoms with van der Waals surface area (Å²) in [6.45, 7) is 1.46. The number of nitrogens with zero attached hydrogens (tertiary/aromatic N) is 4. The van der Waals surface area contributed by atoms with Gasteiger partial charge in [-0.05, 0) is 24.1 Å². The summed E-state index contributed by atoms with van der Waals surface area (Å²) in [4.78, 5) is 30.5. The van der Waals surface area contributed by atoms with Crippen molar-refractivity contribution in [3.63, 3.8) is 0 Å². The van der Waals surface area contributed by atoms with Gasteiger partial charge in [0.1, 0.15) is 12.2 Å². The van der Waals surface area contributed by atoms with Gasteiger partial charge < -0.3 is 5.11 Å². The van der Waals surface area contributed by atoms with E-state index in [1.54, 1.807) is 19.3 Å². The van der Waals surface area contributed by atoms with Crippen molar-refractivity contribution in [2.24, 2.45) is 0 Å². The Morgan fingerprint density at radius 1 is 1.38 bits per heavy atom. The number of hydrogen-bond acceptors (Lipinski definition) is 6. The van der Waals surface area contributed by atoms with E-state index >= 15 is 0 Å². The van der Waals surface area contributed by atoms with Crippen LogP contribution in [0.5, 0.6) is 0 Å². The highest BCUT2D eigenvalue weighted by atomic mass is 32.2. The molecule has 0 bridgehead atoms. The molecule has 8 heteroatoms. The van der Waals surface area contributed by atoms with Crippen molar-refractivity contribution in [1.82, 2.24) is 19.7 Å². The molecule has 2 aromatic heterocycles. The molecule has 0 saturated carbocycles. The van der Waals surface area contributed by atoms with E-state index in [4.69, 9.17) is 5.11 Å². The van der Waals surface area contributed by atoms with Gasteiger partial charge in [-0.15, -0.1) is 0 Å². The van der Waals surface area contributed by atoms with Crippen molar-refractivity contribution in [3.8, 4) is 0 Å². The first-order valence-electron chi connectivity index (χ1n) is 6.31. The summed E-state index contributed by atoms with van der Waals surface area (Å²) in [6, 6.07) is 3.70. The zero-order chi connectivity index (χ0) is 15.2. The molecule has 0 aromatic carbocycles. The SMILES string of the molecule is CCc1nn(CC(=O)O)c(SCc2ccncc2)nc1=O. The maximum Gasteiger partial charge on any atom is 0.325 e. The molecule has 1 N–H and O–H groups in total. The number of aliphatic carboxylic acids is 1. The topological polar surface area (TPSA) is 98.0 Å². The Morgan fingerprint density at radius 2 is 2.10 bits per heavy atom. The molecule has 110 valence electrons. The maximum atomic E-state index is 11.8. The lowest BCUT2D eigenvalue weighted by Crippen LogP contribution is -2.25. The number of carboxylic acids is 1. The Hall–Kier alpha value is -2.22. The molecule has 2 rings (SSSR count). The molecule has 0 aliphatic rings. The highest BCUT2D eigenvalue weighted by molar-refractivity contribution is 7.98. The van der Waals surface area contributed by atoms with E-state index < -0.39 is 11.5 Å². The Morgan fingerprint density at radius 3 is 2.71 bits per heavy atom. The van der Waals surface area contributed by atoms with Crippen LogP contribution in [-0.2, 0) is 23.5 Å². The number of hydrogen-bond donors (Lipinski definition) is 1. The third kappa shape index (κ3) is 4.12. The van der Waals surface area contributed by atoms with Gasteiger partial charge in [0.15, 0.2) is 5.16 Å². The van der Waals surface area contributed by atoms with Crippen LogP contribution in [0.25, 0.3) is 0 Å². The molecule has 0 fully saturated rings. The molecule has 0 radical (unpaired) electrons. The number of pyridine rings is 1. The first-order valence-corrected chi connectivity index (χ1v) is 7.30. The molecular formula is C13H14N4O3S. The number of carboxylic acid groups (broad SMARTS) is 1. The zero-order valence-corrected chi connectivity index (χ0v) is 12.2. The van der Waals surface area contributed by atoms with E-state index in [9.17, 15) is 9.59 Å². The second-order valence-electron chi connectivity index (χ2n) is 4.20. The van der Waals surface area contributed by atoms with Crippen LogP contribution in [-0.4, -0.2) is 30.8 Å². The fourth-order valence-electron chi connectivity index (χ4n) is 1.63. The number of aryl methyl sites for hydroxylation is 1. The van der Waals surface area contributed by atoms with Gasteiger partial charge in [0.2, 0.25) is 0 Å². The van der Waals surface area contributed by atoms with Crippen molar-refractivity contribution >= 4 is 17.7 Å². The normalized spacial score (nSPS) is 10.5. The molecule has 2 aromatic rings. The average Bonchev–Trinajstić information content (AvgIpc) is 2.47. The summed E-state index contributed by atoms with van der Waals surface area (Å²) in [5.41, 5.74) is 0.867. The van der Waals surface area contributed by atoms with Gasteiger partial charge in [-0.25, -0.2) is 4.68 Å². The van der Waals surface area contributed by atoms with Crippen LogP contribution in [0.2, 0.25) is 0 Å². The van der Waals surface area contributed by atoms with Crippen molar-refractivity contribution in [1.29, 1.82) is 0 Å². The highest BCUT2D eigenvalue weighted by Crippen LogP contribution is 2.19. The van der Waals surface area contributed by atoms with E-state index in [1.165, 1.54) is 16.4 Å². The lowest BCUT2D eigenvalue weighted by atomic mass is 10.3. The molecule has 0 aliphatic heterocycles. The number of carbonyl (C=O) groups is 1. The van der Waals surface area contributed by atoms with Gasteiger partial charge >= 0.3 is 5.97 Å². The Labute approximate surface area is 125 Å². The molecule has 21 heavy (non-hydrogen) atoms. The maximum absolute atomic E-state index is 11.8. The molecule has 0 saturated heterocycles. The lowest BCUT2D eigenvalue weighted by molar-refractivity contribution is -0.138. The number of rotatable bonds is 6. The number of aromatic nitrogens is 4. The van der Waals surface area contributed by atoms with E-state index in [0.717, 1.165) is 5.56 Å². The smallest absolute Gasteiger partial charge is 0.325 e. The summed E-state index contributed by atoms with van der Waals surface area (Å²) in [5, 5.41) is 13.3. The molecule has 0 spiro atoms. The van der Waals surface area contributed by atoms with Gasteiger partial charge in [0.25, 0.3) is 5.56 Å². The molecule has 7 nitrogen and oxygen atoms in total. The predicted molar refractivity (Wildman–Crippen MR) is 77.1 cm³/mol. The van der Waals surface area contributed by atoms with E-state index in [0.29, 0.717) is 17.3 Å². The summed E-state index contributed by atoms with van der Waals surface area (Å²) in [6.07, 6.45) is 3.76. The minimum atomic E-state index is -1.03. The van der Waals surface area contributed by atoms with Gasteiger partial charge in [-0.3, -0.25) is 14.6 Å². The molecule has 0 aliphatic carbocycles. The Kier molecular flexibility index (Phi) is 5.04. The van der Waals surface area contributed by atoms with Crippen LogP contribution in [0.1, 0.15) is 18.2 Å². The average molecular weight is 306 g/mol. The summed E-state index contributed by atoms with van der Waals surface area (Å²) >= 11 is 1.27. The standard InChI is InChI=1S/C13H14N4O3S/c1-2-10-12(20)15-13(17(16-10)7-11(18)19)21-8-9-3-5-14-6-4-9/h3-6H,2,7-8H2,1H3,(H,18,19). The van der Waals surface area contributed by atoms with Gasteiger partial charge in [0.05, 0.1) is 0 Å². The highest BCUT2D eigenvalue weighted by Gasteiger charge is 2.12. The van der Waals surface area contributed by atoms with Crippen molar-refractivity contribution in [2.45, 2.75) is 30.8 Å².